The lowest BCUT2D eigenvalue weighted by Crippen LogP contribution is -2.46. The van der Waals surface area contributed by atoms with Crippen molar-refractivity contribution in [2.24, 2.45) is 0 Å². The van der Waals surface area contributed by atoms with Gasteiger partial charge in [0.25, 0.3) is 0 Å². The van der Waals surface area contributed by atoms with Gasteiger partial charge in [-0.1, -0.05) is 36.8 Å². The molecule has 0 bridgehead atoms. The molecule has 2 aromatic rings. The van der Waals surface area contributed by atoms with Gasteiger partial charge < -0.3 is 14.4 Å². The topological polar surface area (TPSA) is 64.8 Å². The van der Waals surface area contributed by atoms with Crippen molar-refractivity contribution in [1.29, 1.82) is 0 Å². The fourth-order valence-electron chi connectivity index (χ4n) is 3.87. The summed E-state index contributed by atoms with van der Waals surface area (Å²) in [7, 11) is 0. The third kappa shape index (κ3) is 4.44. The summed E-state index contributed by atoms with van der Waals surface area (Å²) in [5.41, 5.74) is 0.926. The van der Waals surface area contributed by atoms with Gasteiger partial charge in [0.15, 0.2) is 0 Å². The molecule has 6 nitrogen and oxygen atoms in total. The van der Waals surface area contributed by atoms with Gasteiger partial charge in [0, 0.05) is 31.3 Å². The molecule has 0 spiro atoms. The van der Waals surface area contributed by atoms with Crippen LogP contribution >= 0.6 is 0 Å². The Kier molecular flexibility index (Phi) is 5.76. The summed E-state index contributed by atoms with van der Waals surface area (Å²) >= 11 is 0. The van der Waals surface area contributed by atoms with E-state index in [2.05, 4.69) is 4.90 Å². The molecule has 0 radical (unpaired) electrons. The average molecular weight is 382 g/mol. The van der Waals surface area contributed by atoms with Gasteiger partial charge in [0.1, 0.15) is 18.5 Å². The quantitative estimate of drug-likeness (QED) is 0.518. The van der Waals surface area contributed by atoms with E-state index in [-0.39, 0.29) is 24.1 Å². The molecule has 0 atom stereocenters. The molecule has 2 aromatic carbocycles. The monoisotopic (exact) mass is 382 g/mol. The van der Waals surface area contributed by atoms with Crippen LogP contribution in [0.25, 0.3) is 0 Å². The van der Waals surface area contributed by atoms with Crippen molar-refractivity contribution in [2.75, 3.05) is 13.1 Å². The van der Waals surface area contributed by atoms with Gasteiger partial charge in [-0.15, -0.1) is 0 Å². The Morgan fingerprint density at radius 2 is 1.79 bits per heavy atom. The first-order valence-electron chi connectivity index (χ1n) is 10.0. The second kappa shape index (κ2) is 8.61. The number of nitro groups is 1. The lowest BCUT2D eigenvalue weighted by atomic mass is 9.90. The highest BCUT2D eigenvalue weighted by atomic mass is 16.6. The van der Waals surface area contributed by atoms with Gasteiger partial charge >= 0.3 is 5.69 Å². The molecule has 1 heterocycles. The van der Waals surface area contributed by atoms with Crippen LogP contribution < -0.4 is 9.47 Å². The van der Waals surface area contributed by atoms with Crippen molar-refractivity contribution >= 4 is 5.69 Å². The fourth-order valence-corrected chi connectivity index (χ4v) is 3.87. The summed E-state index contributed by atoms with van der Waals surface area (Å²) in [6, 6.07) is 15.2. The van der Waals surface area contributed by atoms with Gasteiger partial charge in [-0.05, 0) is 37.3 Å². The number of piperidine rings is 1. The van der Waals surface area contributed by atoms with Gasteiger partial charge in [-0.3, -0.25) is 10.1 Å². The van der Waals surface area contributed by atoms with Crippen molar-refractivity contribution in [3.05, 3.63) is 64.2 Å². The molecule has 1 aliphatic carbocycles. The number of hydrogen-bond donors (Lipinski definition) is 0. The fraction of sp³-hybridized carbons (Fsp3) is 0.455. The van der Waals surface area contributed by atoms with Crippen LogP contribution in [0.3, 0.4) is 0 Å². The molecule has 0 unspecified atom stereocenters. The minimum absolute atomic E-state index is 0.0388. The molecule has 1 aliphatic heterocycles. The van der Waals surface area contributed by atoms with E-state index in [4.69, 9.17) is 9.47 Å². The van der Waals surface area contributed by atoms with E-state index in [1.807, 2.05) is 30.3 Å². The Hall–Kier alpha value is -2.60. The first-order chi connectivity index (χ1) is 13.7. The molecule has 148 valence electrons. The SMILES string of the molecule is O=[N+]([O-])c1ccc(OC2CCN(C3CCC3)CC2)cc1OCc1ccccc1. The number of hydrogen-bond acceptors (Lipinski definition) is 5. The Morgan fingerprint density at radius 1 is 1.04 bits per heavy atom. The van der Waals surface area contributed by atoms with E-state index in [1.165, 1.54) is 25.3 Å². The van der Waals surface area contributed by atoms with Gasteiger partial charge in [-0.2, -0.15) is 0 Å². The number of likely N-dealkylation sites (tertiary alicyclic amines) is 1. The second-order valence-electron chi connectivity index (χ2n) is 7.60. The van der Waals surface area contributed by atoms with Crippen molar-refractivity contribution in [3.8, 4) is 11.5 Å². The number of nitro benzene ring substituents is 1. The summed E-state index contributed by atoms with van der Waals surface area (Å²) in [5.74, 6) is 0.883. The average Bonchev–Trinajstić information content (AvgIpc) is 2.67. The van der Waals surface area contributed by atoms with Crippen LogP contribution in [0.5, 0.6) is 11.5 Å². The van der Waals surface area contributed by atoms with E-state index in [0.29, 0.717) is 5.75 Å². The molecule has 2 aliphatic rings. The van der Waals surface area contributed by atoms with Crippen molar-refractivity contribution in [1.82, 2.24) is 4.90 Å². The smallest absolute Gasteiger partial charge is 0.311 e. The maximum Gasteiger partial charge on any atom is 0.311 e. The van der Waals surface area contributed by atoms with Crippen LogP contribution in [0.1, 0.15) is 37.7 Å². The standard InChI is InChI=1S/C22H26N2O4/c25-24(26)21-10-9-20(15-22(21)27-16-17-5-2-1-3-6-17)28-19-11-13-23(14-12-19)18-7-4-8-18/h1-3,5-6,9-10,15,18-19H,4,7-8,11-14,16H2. The molecular formula is C22H26N2O4. The molecule has 6 heteroatoms. The maximum absolute atomic E-state index is 11.3. The molecule has 0 aromatic heterocycles. The summed E-state index contributed by atoms with van der Waals surface area (Å²) in [4.78, 5) is 13.5. The molecule has 28 heavy (non-hydrogen) atoms. The van der Waals surface area contributed by atoms with E-state index in [0.717, 1.165) is 37.5 Å². The zero-order valence-electron chi connectivity index (χ0n) is 16.0. The summed E-state index contributed by atoms with van der Waals surface area (Å²) in [6.07, 6.45) is 6.16. The summed E-state index contributed by atoms with van der Waals surface area (Å²) in [5, 5.41) is 11.3. The number of rotatable bonds is 7. The van der Waals surface area contributed by atoms with E-state index >= 15 is 0 Å². The van der Waals surface area contributed by atoms with Crippen LogP contribution in [0.4, 0.5) is 5.69 Å². The highest BCUT2D eigenvalue weighted by Gasteiger charge is 2.29. The van der Waals surface area contributed by atoms with Gasteiger partial charge in [0.05, 0.1) is 4.92 Å². The van der Waals surface area contributed by atoms with Crippen LogP contribution in [0.15, 0.2) is 48.5 Å². The van der Waals surface area contributed by atoms with Crippen LogP contribution in [-0.2, 0) is 6.61 Å². The predicted octanol–water partition coefficient (Wildman–Crippen LogP) is 4.57. The van der Waals surface area contributed by atoms with Crippen LogP contribution in [-0.4, -0.2) is 35.1 Å². The Bertz CT molecular complexity index is 799. The summed E-state index contributed by atoms with van der Waals surface area (Å²) in [6.45, 7) is 2.42. The Morgan fingerprint density at radius 3 is 2.43 bits per heavy atom. The normalized spacial score (nSPS) is 18.4. The van der Waals surface area contributed by atoms with Crippen LogP contribution in [0.2, 0.25) is 0 Å². The summed E-state index contributed by atoms with van der Waals surface area (Å²) < 4.78 is 11.9. The van der Waals surface area contributed by atoms with Gasteiger partial charge in [-0.25, -0.2) is 0 Å². The minimum atomic E-state index is -0.415. The molecule has 1 saturated carbocycles. The molecule has 4 rings (SSSR count). The first kappa shape index (κ1) is 18.7. The lowest BCUT2D eigenvalue weighted by Gasteiger charge is -2.41. The van der Waals surface area contributed by atoms with E-state index in [9.17, 15) is 10.1 Å². The van der Waals surface area contributed by atoms with Crippen LogP contribution in [0, 0.1) is 10.1 Å². The molecule has 1 saturated heterocycles. The molecular weight excluding hydrogens is 356 g/mol. The number of nitrogens with zero attached hydrogens (tertiary/aromatic N) is 2. The molecule has 2 fully saturated rings. The Labute approximate surface area is 165 Å². The highest BCUT2D eigenvalue weighted by Crippen LogP contribution is 2.34. The van der Waals surface area contributed by atoms with Crippen molar-refractivity contribution in [3.63, 3.8) is 0 Å². The van der Waals surface area contributed by atoms with Crippen molar-refractivity contribution in [2.45, 2.75) is 50.9 Å². The van der Waals surface area contributed by atoms with Gasteiger partial charge in [0.2, 0.25) is 5.75 Å². The molecule has 0 amide bonds. The highest BCUT2D eigenvalue weighted by molar-refractivity contribution is 5.50. The second-order valence-corrected chi connectivity index (χ2v) is 7.60. The zero-order valence-corrected chi connectivity index (χ0v) is 16.0. The number of benzene rings is 2. The largest absolute Gasteiger partial charge is 0.490 e. The predicted molar refractivity (Wildman–Crippen MR) is 107 cm³/mol. The van der Waals surface area contributed by atoms with E-state index < -0.39 is 4.92 Å². The molecule has 0 N–H and O–H groups in total. The minimum Gasteiger partial charge on any atom is -0.490 e. The van der Waals surface area contributed by atoms with E-state index in [1.54, 1.807) is 12.1 Å². The Balaban J connectivity index is 1.39. The number of ether oxygens (including phenoxy) is 2. The lowest BCUT2D eigenvalue weighted by molar-refractivity contribution is -0.386. The third-order valence-electron chi connectivity index (χ3n) is 5.74. The third-order valence-corrected chi connectivity index (χ3v) is 5.74. The van der Waals surface area contributed by atoms with Crippen molar-refractivity contribution < 1.29 is 14.4 Å². The zero-order chi connectivity index (χ0) is 19.3. The first-order valence-corrected chi connectivity index (χ1v) is 10.0. The maximum atomic E-state index is 11.3.